The minimum absolute atomic E-state index is 0.0457. The van der Waals surface area contributed by atoms with Crippen LogP contribution in [0.25, 0.3) is 0 Å². The van der Waals surface area contributed by atoms with Gasteiger partial charge < -0.3 is 4.98 Å². The summed E-state index contributed by atoms with van der Waals surface area (Å²) in [4.78, 5) is 10.7. The van der Waals surface area contributed by atoms with Crippen molar-refractivity contribution in [2.24, 2.45) is 0 Å². The minimum Gasteiger partial charge on any atom is -0.332 e. The Morgan fingerprint density at radius 3 is 2.78 bits per heavy atom. The second-order valence-electron chi connectivity index (χ2n) is 3.82. The molecule has 6 nitrogen and oxygen atoms in total. The predicted octanol–water partition coefficient (Wildman–Crippen LogP) is 1.48. The van der Waals surface area contributed by atoms with Crippen LogP contribution in [0.5, 0.6) is 0 Å². The van der Waals surface area contributed by atoms with E-state index in [0.717, 1.165) is 5.56 Å². The Hall–Kier alpha value is -1.89. The molecule has 2 aromatic rings. The standard InChI is InChI=1S/C11H14N4O2S/c1-3-9-13-7-10(14-9)18(16,17)15-11-8(2)5-4-6-12-11/h4-7H,3H2,1-2H3,(H,12,15)(H,13,14). The van der Waals surface area contributed by atoms with Crippen molar-refractivity contribution in [3.8, 4) is 0 Å². The number of pyridine rings is 1. The molecule has 96 valence electrons. The Balaban J connectivity index is 2.30. The van der Waals surface area contributed by atoms with E-state index >= 15 is 0 Å². The van der Waals surface area contributed by atoms with Crippen LogP contribution in [-0.4, -0.2) is 23.4 Å². The fraction of sp³-hybridized carbons (Fsp3) is 0.273. The van der Waals surface area contributed by atoms with Crippen LogP contribution >= 0.6 is 0 Å². The summed E-state index contributed by atoms with van der Waals surface area (Å²) in [5.41, 5.74) is 0.760. The van der Waals surface area contributed by atoms with Gasteiger partial charge in [-0.3, -0.25) is 4.72 Å². The highest BCUT2D eigenvalue weighted by molar-refractivity contribution is 7.92. The minimum atomic E-state index is -3.66. The number of aromatic amines is 1. The number of rotatable bonds is 4. The average molecular weight is 266 g/mol. The monoisotopic (exact) mass is 266 g/mol. The Morgan fingerprint density at radius 2 is 2.17 bits per heavy atom. The van der Waals surface area contributed by atoms with E-state index in [4.69, 9.17) is 0 Å². The van der Waals surface area contributed by atoms with Crippen LogP contribution in [0, 0.1) is 6.92 Å². The van der Waals surface area contributed by atoms with E-state index in [9.17, 15) is 8.42 Å². The zero-order valence-electron chi connectivity index (χ0n) is 10.1. The van der Waals surface area contributed by atoms with Crippen LogP contribution in [0.3, 0.4) is 0 Å². The molecule has 0 unspecified atom stereocenters. The smallest absolute Gasteiger partial charge is 0.280 e. The van der Waals surface area contributed by atoms with E-state index in [1.807, 2.05) is 6.92 Å². The third-order valence-electron chi connectivity index (χ3n) is 2.47. The van der Waals surface area contributed by atoms with Gasteiger partial charge in [-0.05, 0) is 18.6 Å². The molecule has 0 atom stereocenters. The molecule has 0 aliphatic carbocycles. The van der Waals surface area contributed by atoms with E-state index in [0.29, 0.717) is 18.1 Å². The van der Waals surface area contributed by atoms with Crippen molar-refractivity contribution in [2.45, 2.75) is 25.3 Å². The number of nitrogens with zero attached hydrogens (tertiary/aromatic N) is 2. The van der Waals surface area contributed by atoms with Gasteiger partial charge in [0, 0.05) is 12.6 Å². The van der Waals surface area contributed by atoms with Crippen LogP contribution in [0.2, 0.25) is 0 Å². The maximum Gasteiger partial charge on any atom is 0.280 e. The number of imidazole rings is 1. The van der Waals surface area contributed by atoms with Crippen LogP contribution < -0.4 is 4.72 Å². The lowest BCUT2D eigenvalue weighted by Crippen LogP contribution is -2.15. The molecule has 0 amide bonds. The van der Waals surface area contributed by atoms with Crippen molar-refractivity contribution in [3.05, 3.63) is 35.9 Å². The summed E-state index contributed by atoms with van der Waals surface area (Å²) >= 11 is 0. The molecule has 2 rings (SSSR count). The molecular weight excluding hydrogens is 252 g/mol. The molecule has 0 aliphatic rings. The molecule has 18 heavy (non-hydrogen) atoms. The topological polar surface area (TPSA) is 87.7 Å². The zero-order valence-corrected chi connectivity index (χ0v) is 11.0. The molecular formula is C11H14N4O2S. The third kappa shape index (κ3) is 2.51. The summed E-state index contributed by atoms with van der Waals surface area (Å²) in [6.07, 6.45) is 3.49. The number of anilines is 1. The highest BCUT2D eigenvalue weighted by Gasteiger charge is 2.18. The largest absolute Gasteiger partial charge is 0.332 e. The SMILES string of the molecule is CCc1ncc(S(=O)(=O)Nc2ncccc2C)[nH]1. The van der Waals surface area contributed by atoms with Gasteiger partial charge in [0.2, 0.25) is 0 Å². The lowest BCUT2D eigenvalue weighted by atomic mass is 10.3. The number of sulfonamides is 1. The van der Waals surface area contributed by atoms with Crippen molar-refractivity contribution in [2.75, 3.05) is 4.72 Å². The predicted molar refractivity (Wildman–Crippen MR) is 67.7 cm³/mol. The highest BCUT2D eigenvalue weighted by Crippen LogP contribution is 2.15. The molecule has 2 N–H and O–H groups in total. The maximum atomic E-state index is 12.1. The second-order valence-corrected chi connectivity index (χ2v) is 5.47. The van der Waals surface area contributed by atoms with Gasteiger partial charge in [0.1, 0.15) is 11.6 Å². The van der Waals surface area contributed by atoms with Crippen molar-refractivity contribution in [3.63, 3.8) is 0 Å². The van der Waals surface area contributed by atoms with Crippen molar-refractivity contribution >= 4 is 15.8 Å². The van der Waals surface area contributed by atoms with Crippen molar-refractivity contribution in [1.82, 2.24) is 15.0 Å². The van der Waals surface area contributed by atoms with Gasteiger partial charge >= 0.3 is 0 Å². The summed E-state index contributed by atoms with van der Waals surface area (Å²) in [5, 5.41) is 0.0457. The molecule has 0 saturated carbocycles. The summed E-state index contributed by atoms with van der Waals surface area (Å²) in [6.45, 7) is 3.68. The molecule has 2 heterocycles. The molecule has 0 aliphatic heterocycles. The van der Waals surface area contributed by atoms with Crippen LogP contribution in [0.15, 0.2) is 29.6 Å². The first-order valence-electron chi connectivity index (χ1n) is 5.51. The molecule has 0 spiro atoms. The van der Waals surface area contributed by atoms with E-state index in [1.54, 1.807) is 19.1 Å². The van der Waals surface area contributed by atoms with E-state index in [1.165, 1.54) is 12.4 Å². The number of nitrogens with one attached hydrogen (secondary N) is 2. The summed E-state index contributed by atoms with van der Waals surface area (Å²) in [6, 6.07) is 3.54. The maximum absolute atomic E-state index is 12.1. The van der Waals surface area contributed by atoms with Gasteiger partial charge in [-0.1, -0.05) is 13.0 Å². The fourth-order valence-electron chi connectivity index (χ4n) is 1.43. The van der Waals surface area contributed by atoms with Crippen LogP contribution in [-0.2, 0) is 16.4 Å². The molecule has 2 aromatic heterocycles. The van der Waals surface area contributed by atoms with Crippen LogP contribution in [0.4, 0.5) is 5.82 Å². The van der Waals surface area contributed by atoms with E-state index in [2.05, 4.69) is 19.7 Å². The van der Waals surface area contributed by atoms with E-state index < -0.39 is 10.0 Å². The first kappa shape index (κ1) is 12.6. The van der Waals surface area contributed by atoms with Crippen LogP contribution in [0.1, 0.15) is 18.3 Å². The quantitative estimate of drug-likeness (QED) is 0.877. The zero-order chi connectivity index (χ0) is 13.2. The Kier molecular flexibility index (Phi) is 3.33. The first-order valence-corrected chi connectivity index (χ1v) is 6.99. The average Bonchev–Trinajstić information content (AvgIpc) is 2.81. The Bertz CT molecular complexity index is 649. The van der Waals surface area contributed by atoms with Gasteiger partial charge in [0.25, 0.3) is 10.0 Å². The Labute approximate surface area is 106 Å². The molecule has 0 bridgehead atoms. The number of aromatic nitrogens is 3. The van der Waals surface area contributed by atoms with E-state index in [-0.39, 0.29) is 5.03 Å². The van der Waals surface area contributed by atoms with Crippen molar-refractivity contribution in [1.29, 1.82) is 0 Å². The van der Waals surface area contributed by atoms with Gasteiger partial charge in [-0.2, -0.15) is 8.42 Å². The van der Waals surface area contributed by atoms with Crippen molar-refractivity contribution < 1.29 is 8.42 Å². The lowest BCUT2D eigenvalue weighted by molar-refractivity contribution is 0.597. The van der Waals surface area contributed by atoms with Gasteiger partial charge in [-0.25, -0.2) is 9.97 Å². The Morgan fingerprint density at radius 1 is 1.39 bits per heavy atom. The number of aryl methyl sites for hydroxylation is 2. The van der Waals surface area contributed by atoms with Gasteiger partial charge in [-0.15, -0.1) is 0 Å². The third-order valence-corrected chi connectivity index (χ3v) is 3.72. The first-order chi connectivity index (χ1) is 8.53. The number of hydrogen-bond donors (Lipinski definition) is 2. The molecule has 0 saturated heterocycles. The summed E-state index contributed by atoms with van der Waals surface area (Å²) < 4.78 is 26.6. The number of H-pyrrole nitrogens is 1. The normalized spacial score (nSPS) is 11.4. The molecule has 7 heteroatoms. The number of hydrogen-bond acceptors (Lipinski definition) is 4. The molecule has 0 radical (unpaired) electrons. The molecule has 0 fully saturated rings. The highest BCUT2D eigenvalue weighted by atomic mass is 32.2. The van der Waals surface area contributed by atoms with Gasteiger partial charge in [0.15, 0.2) is 5.03 Å². The summed E-state index contributed by atoms with van der Waals surface area (Å²) in [5.74, 6) is 0.957. The van der Waals surface area contributed by atoms with Gasteiger partial charge in [0.05, 0.1) is 6.20 Å². The molecule has 0 aromatic carbocycles. The second kappa shape index (κ2) is 4.77. The fourth-order valence-corrected chi connectivity index (χ4v) is 2.46. The summed E-state index contributed by atoms with van der Waals surface area (Å²) in [7, 11) is -3.66. The lowest BCUT2D eigenvalue weighted by Gasteiger charge is -2.07.